The molecule has 7 heteroatoms. The molecule has 1 aliphatic rings. The van der Waals surface area contributed by atoms with Crippen molar-refractivity contribution in [2.75, 3.05) is 7.05 Å². The Kier molecular flexibility index (Phi) is 3.69. The van der Waals surface area contributed by atoms with Crippen LogP contribution in [0.4, 0.5) is 0 Å². The summed E-state index contributed by atoms with van der Waals surface area (Å²) < 4.78 is 0. The van der Waals surface area contributed by atoms with Gasteiger partial charge in [0.1, 0.15) is 6.33 Å². The van der Waals surface area contributed by atoms with E-state index in [9.17, 15) is 4.79 Å². The third kappa shape index (κ3) is 2.33. The molecule has 128 valence electrons. The van der Waals surface area contributed by atoms with Crippen molar-refractivity contribution in [2.24, 2.45) is 10.7 Å². The van der Waals surface area contributed by atoms with E-state index >= 15 is 0 Å². The Morgan fingerprint density at radius 1 is 0.962 bits per heavy atom. The van der Waals surface area contributed by atoms with Crippen LogP contribution in [0.1, 0.15) is 11.1 Å². The van der Waals surface area contributed by atoms with Crippen LogP contribution in [0.5, 0.6) is 0 Å². The SMILES string of the molecule is CN1C(=O)C(c2ccncc2)(c2cccc(-c3cncnc3)c2)N=C1N. The Labute approximate surface area is 150 Å². The van der Waals surface area contributed by atoms with Crippen LogP contribution in [0.15, 0.2) is 72.5 Å². The first-order valence-corrected chi connectivity index (χ1v) is 8.03. The summed E-state index contributed by atoms with van der Waals surface area (Å²) in [5, 5.41) is 0. The fourth-order valence-corrected chi connectivity index (χ4v) is 3.15. The molecule has 26 heavy (non-hydrogen) atoms. The van der Waals surface area contributed by atoms with Gasteiger partial charge in [0.2, 0.25) is 0 Å². The average Bonchev–Trinajstić information content (AvgIpc) is 2.94. The number of rotatable bonds is 3. The number of carbonyl (C=O) groups excluding carboxylic acids is 1. The maximum Gasteiger partial charge on any atom is 0.266 e. The van der Waals surface area contributed by atoms with Crippen LogP contribution in [0.3, 0.4) is 0 Å². The lowest BCUT2D eigenvalue weighted by atomic mass is 9.82. The summed E-state index contributed by atoms with van der Waals surface area (Å²) in [5.41, 5.74) is 7.95. The molecule has 1 aliphatic heterocycles. The van der Waals surface area contributed by atoms with Gasteiger partial charge in [0.15, 0.2) is 11.5 Å². The highest BCUT2D eigenvalue weighted by atomic mass is 16.2. The standard InChI is InChI=1S/C19H16N6O/c1-25-17(26)19(24-18(25)20,15-5-7-21-8-6-15)16-4-2-3-13(9-16)14-10-22-12-23-11-14/h2-12H,1H3,(H2,20,24). The molecule has 0 aliphatic carbocycles. The molecule has 0 saturated carbocycles. The molecule has 1 unspecified atom stereocenters. The molecule has 0 bridgehead atoms. The highest BCUT2D eigenvalue weighted by Gasteiger charge is 2.49. The Morgan fingerprint density at radius 2 is 1.69 bits per heavy atom. The van der Waals surface area contributed by atoms with Crippen LogP contribution >= 0.6 is 0 Å². The quantitative estimate of drug-likeness (QED) is 0.778. The van der Waals surface area contributed by atoms with E-state index in [2.05, 4.69) is 19.9 Å². The highest BCUT2D eigenvalue weighted by Crippen LogP contribution is 2.40. The molecule has 0 radical (unpaired) electrons. The van der Waals surface area contributed by atoms with Gasteiger partial charge >= 0.3 is 0 Å². The maximum atomic E-state index is 13.2. The number of pyridine rings is 1. The Hall–Kier alpha value is -3.61. The predicted molar refractivity (Wildman–Crippen MR) is 96.9 cm³/mol. The van der Waals surface area contributed by atoms with Crippen LogP contribution in [0.2, 0.25) is 0 Å². The Balaban J connectivity index is 1.94. The van der Waals surface area contributed by atoms with Gasteiger partial charge in [0, 0.05) is 37.4 Å². The van der Waals surface area contributed by atoms with Crippen molar-refractivity contribution in [3.63, 3.8) is 0 Å². The van der Waals surface area contributed by atoms with E-state index in [1.807, 2.05) is 24.3 Å². The molecule has 3 heterocycles. The number of aliphatic imine (C=N–C) groups is 1. The van der Waals surface area contributed by atoms with Gasteiger partial charge < -0.3 is 5.73 Å². The van der Waals surface area contributed by atoms with Gasteiger partial charge in [0.25, 0.3) is 5.91 Å². The number of benzene rings is 1. The number of nitrogens with two attached hydrogens (primary N) is 1. The van der Waals surface area contributed by atoms with Crippen LogP contribution < -0.4 is 5.73 Å². The van der Waals surface area contributed by atoms with Gasteiger partial charge in [-0.2, -0.15) is 0 Å². The normalized spacial score (nSPS) is 19.5. The maximum absolute atomic E-state index is 13.2. The molecular formula is C19H16N6O. The smallest absolute Gasteiger partial charge is 0.266 e. The number of hydrogen-bond acceptors (Lipinski definition) is 6. The number of hydrogen-bond donors (Lipinski definition) is 1. The molecular weight excluding hydrogens is 328 g/mol. The summed E-state index contributed by atoms with van der Waals surface area (Å²) in [6.45, 7) is 0. The molecule has 0 fully saturated rings. The molecule has 7 nitrogen and oxygen atoms in total. The molecule has 0 spiro atoms. The molecule has 1 amide bonds. The molecule has 3 aromatic rings. The molecule has 4 rings (SSSR count). The predicted octanol–water partition coefficient (Wildman–Crippen LogP) is 1.57. The van der Waals surface area contributed by atoms with Gasteiger partial charge in [-0.1, -0.05) is 18.2 Å². The lowest BCUT2D eigenvalue weighted by Gasteiger charge is -2.26. The monoisotopic (exact) mass is 344 g/mol. The minimum absolute atomic E-state index is 0.181. The summed E-state index contributed by atoms with van der Waals surface area (Å²) >= 11 is 0. The van der Waals surface area contributed by atoms with Crippen LogP contribution in [0.25, 0.3) is 11.1 Å². The second-order valence-electron chi connectivity index (χ2n) is 5.99. The summed E-state index contributed by atoms with van der Waals surface area (Å²) in [6, 6.07) is 11.2. The largest absolute Gasteiger partial charge is 0.369 e. The molecule has 1 aromatic carbocycles. The summed E-state index contributed by atoms with van der Waals surface area (Å²) in [5.74, 6) is -0.0251. The van der Waals surface area contributed by atoms with E-state index in [1.165, 1.54) is 11.2 Å². The number of carbonyl (C=O) groups is 1. The zero-order chi connectivity index (χ0) is 18.1. The first-order valence-electron chi connectivity index (χ1n) is 8.03. The zero-order valence-corrected chi connectivity index (χ0v) is 14.1. The lowest BCUT2D eigenvalue weighted by molar-refractivity contribution is -0.129. The van der Waals surface area contributed by atoms with E-state index in [4.69, 9.17) is 5.73 Å². The molecule has 1 atom stereocenters. The van der Waals surface area contributed by atoms with Crippen LogP contribution in [0, 0.1) is 0 Å². The second-order valence-corrected chi connectivity index (χ2v) is 5.99. The van der Waals surface area contributed by atoms with Gasteiger partial charge in [-0.25, -0.2) is 15.0 Å². The number of nitrogens with zero attached hydrogens (tertiary/aromatic N) is 5. The highest BCUT2D eigenvalue weighted by molar-refractivity contribution is 6.09. The average molecular weight is 344 g/mol. The van der Waals surface area contributed by atoms with Crippen molar-refractivity contribution >= 4 is 11.9 Å². The first kappa shape index (κ1) is 15.9. The van der Waals surface area contributed by atoms with Gasteiger partial charge in [-0.15, -0.1) is 0 Å². The fraction of sp³-hybridized carbons (Fsp3) is 0.105. The Bertz CT molecular complexity index is 989. The minimum atomic E-state index is -1.23. The minimum Gasteiger partial charge on any atom is -0.369 e. The van der Waals surface area contributed by atoms with Gasteiger partial charge in [-0.05, 0) is 34.9 Å². The van der Waals surface area contributed by atoms with E-state index in [0.717, 1.165) is 16.7 Å². The topological polar surface area (TPSA) is 97.4 Å². The second kappa shape index (κ2) is 6.03. The summed E-state index contributed by atoms with van der Waals surface area (Å²) in [6.07, 6.45) is 8.22. The third-order valence-corrected chi connectivity index (χ3v) is 4.51. The van der Waals surface area contributed by atoms with Crippen molar-refractivity contribution in [1.29, 1.82) is 0 Å². The summed E-state index contributed by atoms with van der Waals surface area (Å²) in [4.78, 5) is 31.3. The number of guanidine groups is 1. The molecule has 2 N–H and O–H groups in total. The zero-order valence-electron chi connectivity index (χ0n) is 14.1. The van der Waals surface area contributed by atoms with Crippen molar-refractivity contribution < 1.29 is 4.79 Å². The van der Waals surface area contributed by atoms with Gasteiger partial charge in [0.05, 0.1) is 0 Å². The molecule has 2 aromatic heterocycles. The van der Waals surface area contributed by atoms with Gasteiger partial charge in [-0.3, -0.25) is 14.7 Å². The molecule has 0 saturated heterocycles. The lowest BCUT2D eigenvalue weighted by Crippen LogP contribution is -2.41. The number of amides is 1. The Morgan fingerprint density at radius 3 is 2.35 bits per heavy atom. The van der Waals surface area contributed by atoms with E-state index in [1.54, 1.807) is 44.0 Å². The number of likely N-dealkylation sites (N-methyl/N-ethyl adjacent to an activating group) is 1. The fourth-order valence-electron chi connectivity index (χ4n) is 3.15. The van der Waals surface area contributed by atoms with Crippen LogP contribution in [-0.4, -0.2) is 38.8 Å². The number of aromatic nitrogens is 3. The van der Waals surface area contributed by atoms with Crippen LogP contribution in [-0.2, 0) is 10.3 Å². The summed E-state index contributed by atoms with van der Waals surface area (Å²) in [7, 11) is 1.62. The van der Waals surface area contributed by atoms with E-state index < -0.39 is 5.54 Å². The third-order valence-electron chi connectivity index (χ3n) is 4.51. The van der Waals surface area contributed by atoms with Crippen molar-refractivity contribution in [1.82, 2.24) is 19.9 Å². The van der Waals surface area contributed by atoms with E-state index in [-0.39, 0.29) is 11.9 Å². The van der Waals surface area contributed by atoms with Crippen molar-refractivity contribution in [2.45, 2.75) is 5.54 Å². The van der Waals surface area contributed by atoms with Crippen molar-refractivity contribution in [3.05, 3.63) is 78.6 Å². The van der Waals surface area contributed by atoms with Crippen molar-refractivity contribution in [3.8, 4) is 11.1 Å². The first-order chi connectivity index (χ1) is 12.6. The van der Waals surface area contributed by atoms with E-state index in [0.29, 0.717) is 5.56 Å².